The number of carbonyl (C=O) groups is 1. The Kier molecular flexibility index (Phi) is 5.25. The molecule has 1 aromatic rings. The molecule has 0 aromatic heterocycles. The molecule has 2 nitrogen and oxygen atoms in total. The number of hydrogen-bond acceptors (Lipinski definition) is 1. The standard InChI is InChI=1S/C14H17Br2NO/c15-9-11-4-2-6-13(11)17-14(18)8-10-3-1-5-12(16)7-10/h1,3,5,7,11,13H,2,4,6,8-9H2,(H,17,18). The molecule has 1 fully saturated rings. The van der Waals surface area contributed by atoms with Crippen LogP contribution in [0, 0.1) is 5.92 Å². The summed E-state index contributed by atoms with van der Waals surface area (Å²) in [6.07, 6.45) is 4.01. The molecule has 2 rings (SSSR count). The molecule has 2 atom stereocenters. The first kappa shape index (κ1) is 14.1. The second-order valence-electron chi connectivity index (χ2n) is 4.83. The van der Waals surface area contributed by atoms with Crippen molar-refractivity contribution in [3.8, 4) is 0 Å². The predicted octanol–water partition coefficient (Wildman–Crippen LogP) is 3.67. The summed E-state index contributed by atoms with van der Waals surface area (Å²) in [4.78, 5) is 12.0. The molecular weight excluding hydrogens is 358 g/mol. The van der Waals surface area contributed by atoms with Gasteiger partial charge in [-0.3, -0.25) is 4.79 Å². The third-order valence-corrected chi connectivity index (χ3v) is 4.78. The Hall–Kier alpha value is -0.350. The molecular formula is C14H17Br2NO. The van der Waals surface area contributed by atoms with E-state index in [1.807, 2.05) is 24.3 Å². The van der Waals surface area contributed by atoms with Gasteiger partial charge in [0, 0.05) is 15.8 Å². The summed E-state index contributed by atoms with van der Waals surface area (Å²) in [5, 5.41) is 4.14. The lowest BCUT2D eigenvalue weighted by molar-refractivity contribution is -0.121. The zero-order chi connectivity index (χ0) is 13.0. The summed E-state index contributed by atoms with van der Waals surface area (Å²) in [6, 6.07) is 8.27. The SMILES string of the molecule is O=C(Cc1cccc(Br)c1)NC1CCCC1CBr. The van der Waals surface area contributed by atoms with Crippen LogP contribution in [0.1, 0.15) is 24.8 Å². The van der Waals surface area contributed by atoms with Gasteiger partial charge in [0.25, 0.3) is 0 Å². The van der Waals surface area contributed by atoms with Gasteiger partial charge in [0.2, 0.25) is 5.91 Å². The van der Waals surface area contributed by atoms with Gasteiger partial charge in [0.15, 0.2) is 0 Å². The van der Waals surface area contributed by atoms with E-state index in [1.54, 1.807) is 0 Å². The molecule has 0 spiro atoms. The van der Waals surface area contributed by atoms with Crippen molar-refractivity contribution >= 4 is 37.8 Å². The summed E-state index contributed by atoms with van der Waals surface area (Å²) < 4.78 is 1.02. The Labute approximate surface area is 125 Å². The summed E-state index contributed by atoms with van der Waals surface area (Å²) in [5.41, 5.74) is 1.05. The van der Waals surface area contributed by atoms with Gasteiger partial charge < -0.3 is 5.32 Å². The van der Waals surface area contributed by atoms with Crippen molar-refractivity contribution in [3.05, 3.63) is 34.3 Å². The molecule has 1 aliphatic rings. The quantitative estimate of drug-likeness (QED) is 0.800. The summed E-state index contributed by atoms with van der Waals surface area (Å²) in [7, 11) is 0. The fourth-order valence-electron chi connectivity index (χ4n) is 2.50. The lowest BCUT2D eigenvalue weighted by Crippen LogP contribution is -2.38. The highest BCUT2D eigenvalue weighted by Gasteiger charge is 2.27. The molecule has 18 heavy (non-hydrogen) atoms. The maximum absolute atomic E-state index is 12.0. The molecule has 1 amide bonds. The van der Waals surface area contributed by atoms with E-state index in [2.05, 4.69) is 37.2 Å². The lowest BCUT2D eigenvalue weighted by Gasteiger charge is -2.19. The number of rotatable bonds is 4. The third-order valence-electron chi connectivity index (χ3n) is 3.46. The molecule has 0 radical (unpaired) electrons. The normalized spacial score (nSPS) is 23.0. The summed E-state index contributed by atoms with van der Waals surface area (Å²) in [6.45, 7) is 0. The molecule has 0 bridgehead atoms. The minimum absolute atomic E-state index is 0.131. The van der Waals surface area contributed by atoms with Gasteiger partial charge in [0.05, 0.1) is 6.42 Å². The van der Waals surface area contributed by atoms with Crippen molar-refractivity contribution in [1.29, 1.82) is 0 Å². The first-order valence-electron chi connectivity index (χ1n) is 6.29. The van der Waals surface area contributed by atoms with Gasteiger partial charge in [-0.15, -0.1) is 0 Å². The van der Waals surface area contributed by atoms with Crippen LogP contribution in [0.2, 0.25) is 0 Å². The molecule has 0 saturated heterocycles. The maximum atomic E-state index is 12.0. The zero-order valence-electron chi connectivity index (χ0n) is 10.2. The Bertz CT molecular complexity index is 422. The van der Waals surface area contributed by atoms with E-state index < -0.39 is 0 Å². The lowest BCUT2D eigenvalue weighted by atomic mass is 10.1. The smallest absolute Gasteiger partial charge is 0.224 e. The van der Waals surface area contributed by atoms with Crippen molar-refractivity contribution in [2.45, 2.75) is 31.7 Å². The van der Waals surface area contributed by atoms with Gasteiger partial charge in [0.1, 0.15) is 0 Å². The van der Waals surface area contributed by atoms with E-state index in [0.29, 0.717) is 18.4 Å². The summed E-state index contributed by atoms with van der Waals surface area (Å²) >= 11 is 6.95. The van der Waals surface area contributed by atoms with Crippen LogP contribution in [-0.2, 0) is 11.2 Å². The van der Waals surface area contributed by atoms with Crippen LogP contribution in [-0.4, -0.2) is 17.3 Å². The summed E-state index contributed by atoms with van der Waals surface area (Å²) in [5.74, 6) is 0.724. The van der Waals surface area contributed by atoms with Gasteiger partial charge in [-0.2, -0.15) is 0 Å². The molecule has 98 valence electrons. The zero-order valence-corrected chi connectivity index (χ0v) is 13.3. The van der Waals surface area contributed by atoms with Crippen molar-refractivity contribution in [2.24, 2.45) is 5.92 Å². The number of carbonyl (C=O) groups excluding carboxylic acids is 1. The average molecular weight is 375 g/mol. The van der Waals surface area contributed by atoms with Gasteiger partial charge in [-0.25, -0.2) is 0 Å². The highest BCUT2D eigenvalue weighted by Crippen LogP contribution is 2.27. The monoisotopic (exact) mass is 373 g/mol. The van der Waals surface area contributed by atoms with Crippen LogP contribution < -0.4 is 5.32 Å². The molecule has 1 saturated carbocycles. The van der Waals surface area contributed by atoms with Crippen LogP contribution in [0.15, 0.2) is 28.7 Å². The largest absolute Gasteiger partial charge is 0.353 e. The van der Waals surface area contributed by atoms with E-state index in [9.17, 15) is 4.79 Å². The van der Waals surface area contributed by atoms with Gasteiger partial charge >= 0.3 is 0 Å². The first-order chi connectivity index (χ1) is 8.69. The number of alkyl halides is 1. The van der Waals surface area contributed by atoms with E-state index in [1.165, 1.54) is 12.8 Å². The first-order valence-corrected chi connectivity index (χ1v) is 8.20. The number of halogens is 2. The number of amides is 1. The van der Waals surface area contributed by atoms with E-state index >= 15 is 0 Å². The number of benzene rings is 1. The topological polar surface area (TPSA) is 29.1 Å². The Morgan fingerprint density at radius 3 is 2.94 bits per heavy atom. The van der Waals surface area contributed by atoms with Crippen molar-refractivity contribution in [2.75, 3.05) is 5.33 Å². The highest BCUT2D eigenvalue weighted by molar-refractivity contribution is 9.10. The molecule has 1 aromatic carbocycles. The Morgan fingerprint density at radius 1 is 1.39 bits per heavy atom. The van der Waals surface area contributed by atoms with Crippen LogP contribution in [0.5, 0.6) is 0 Å². The number of hydrogen-bond donors (Lipinski definition) is 1. The van der Waals surface area contributed by atoms with Crippen molar-refractivity contribution in [1.82, 2.24) is 5.32 Å². The third kappa shape index (κ3) is 3.82. The Morgan fingerprint density at radius 2 is 2.22 bits per heavy atom. The molecule has 4 heteroatoms. The number of nitrogens with one attached hydrogen (secondary N) is 1. The maximum Gasteiger partial charge on any atom is 0.224 e. The van der Waals surface area contributed by atoms with E-state index in [-0.39, 0.29) is 5.91 Å². The van der Waals surface area contributed by atoms with E-state index in [0.717, 1.165) is 21.8 Å². The molecule has 2 unspecified atom stereocenters. The Balaban J connectivity index is 1.89. The van der Waals surface area contributed by atoms with Gasteiger partial charge in [-0.05, 0) is 36.5 Å². The van der Waals surface area contributed by atoms with Crippen molar-refractivity contribution < 1.29 is 4.79 Å². The fourth-order valence-corrected chi connectivity index (χ4v) is 3.72. The highest BCUT2D eigenvalue weighted by atomic mass is 79.9. The molecule has 1 N–H and O–H groups in total. The molecule has 0 heterocycles. The van der Waals surface area contributed by atoms with Crippen LogP contribution in [0.3, 0.4) is 0 Å². The molecule has 1 aliphatic carbocycles. The minimum atomic E-state index is 0.131. The van der Waals surface area contributed by atoms with Gasteiger partial charge in [-0.1, -0.05) is 50.4 Å². The van der Waals surface area contributed by atoms with Crippen LogP contribution in [0.25, 0.3) is 0 Å². The van der Waals surface area contributed by atoms with Crippen molar-refractivity contribution in [3.63, 3.8) is 0 Å². The second-order valence-corrected chi connectivity index (χ2v) is 6.39. The van der Waals surface area contributed by atoms with Crippen LogP contribution >= 0.6 is 31.9 Å². The average Bonchev–Trinajstić information content (AvgIpc) is 2.76. The predicted molar refractivity (Wildman–Crippen MR) is 80.9 cm³/mol. The minimum Gasteiger partial charge on any atom is -0.353 e. The van der Waals surface area contributed by atoms with Crippen LogP contribution in [0.4, 0.5) is 0 Å². The molecule has 0 aliphatic heterocycles. The fraction of sp³-hybridized carbons (Fsp3) is 0.500. The second kappa shape index (κ2) is 6.71. The van der Waals surface area contributed by atoms with E-state index in [4.69, 9.17) is 0 Å².